The molecule has 0 radical (unpaired) electrons. The van der Waals surface area contributed by atoms with E-state index in [1.165, 1.54) is 4.90 Å². The predicted molar refractivity (Wildman–Crippen MR) is 134 cm³/mol. The molecule has 0 aliphatic carbocycles. The summed E-state index contributed by atoms with van der Waals surface area (Å²) in [5.41, 5.74) is 3.40. The van der Waals surface area contributed by atoms with Gasteiger partial charge in [-0.15, -0.1) is 0 Å². The predicted octanol–water partition coefficient (Wildman–Crippen LogP) is 3.81. The van der Waals surface area contributed by atoms with Gasteiger partial charge >= 0.3 is 6.09 Å². The van der Waals surface area contributed by atoms with Crippen LogP contribution in [0.25, 0.3) is 10.8 Å². The van der Waals surface area contributed by atoms with E-state index < -0.39 is 16.1 Å². The lowest BCUT2D eigenvalue weighted by Gasteiger charge is -2.30. The van der Waals surface area contributed by atoms with E-state index in [2.05, 4.69) is 10.0 Å². The van der Waals surface area contributed by atoms with Gasteiger partial charge in [0.2, 0.25) is 10.0 Å². The van der Waals surface area contributed by atoms with Crippen molar-refractivity contribution in [1.29, 1.82) is 0 Å². The molecular formula is C26H29N3O5S. The zero-order chi connectivity index (χ0) is 25.2. The van der Waals surface area contributed by atoms with Gasteiger partial charge in [-0.1, -0.05) is 42.5 Å². The van der Waals surface area contributed by atoms with Gasteiger partial charge in [-0.25, -0.2) is 17.9 Å². The minimum atomic E-state index is -3.83. The standard InChI is InChI=1S/C26H29N3O5S/c1-17-6-5-9-21(18(17)2)25(30)27-16-19-10-11-24(23-8-4-3-7-22(19)23)35(33,34)28-20-12-14-29(15-13-20)26(31)32/h3-11,20,28H,12-16H2,1-2H3,(H,27,30)(H,31,32). The van der Waals surface area contributed by atoms with E-state index in [0.717, 1.165) is 22.1 Å². The molecule has 184 valence electrons. The first-order valence-corrected chi connectivity index (χ1v) is 13.0. The summed E-state index contributed by atoms with van der Waals surface area (Å²) in [6.07, 6.45) is -0.143. The molecule has 0 unspecified atom stereocenters. The van der Waals surface area contributed by atoms with Crippen molar-refractivity contribution in [3.8, 4) is 0 Å². The van der Waals surface area contributed by atoms with Crippen molar-refractivity contribution in [1.82, 2.24) is 14.9 Å². The van der Waals surface area contributed by atoms with Crippen molar-refractivity contribution in [2.24, 2.45) is 0 Å². The van der Waals surface area contributed by atoms with Crippen LogP contribution in [0, 0.1) is 13.8 Å². The topological polar surface area (TPSA) is 116 Å². The third-order valence-corrected chi connectivity index (χ3v) is 8.22. The first-order chi connectivity index (χ1) is 16.7. The molecule has 3 N–H and O–H groups in total. The smallest absolute Gasteiger partial charge is 0.407 e. The van der Waals surface area contributed by atoms with Crippen LogP contribution in [0.15, 0.2) is 59.5 Å². The van der Waals surface area contributed by atoms with Crippen molar-refractivity contribution in [3.63, 3.8) is 0 Å². The number of carboxylic acid groups (broad SMARTS) is 1. The van der Waals surface area contributed by atoms with Gasteiger partial charge in [0.15, 0.2) is 0 Å². The second-order valence-corrected chi connectivity index (χ2v) is 10.5. The van der Waals surface area contributed by atoms with Crippen LogP contribution in [0.4, 0.5) is 4.79 Å². The van der Waals surface area contributed by atoms with Crippen LogP contribution in [0.5, 0.6) is 0 Å². The Hall–Kier alpha value is -3.43. The minimum absolute atomic E-state index is 0.165. The van der Waals surface area contributed by atoms with E-state index in [0.29, 0.717) is 36.9 Å². The number of likely N-dealkylation sites (tertiary alicyclic amines) is 1. The summed E-state index contributed by atoms with van der Waals surface area (Å²) >= 11 is 0. The number of piperidine rings is 1. The Bertz CT molecular complexity index is 1380. The van der Waals surface area contributed by atoms with Gasteiger partial charge in [-0.3, -0.25) is 4.79 Å². The van der Waals surface area contributed by atoms with Crippen LogP contribution in [0.1, 0.15) is 39.9 Å². The van der Waals surface area contributed by atoms with Gasteiger partial charge in [0.25, 0.3) is 5.91 Å². The summed E-state index contributed by atoms with van der Waals surface area (Å²) < 4.78 is 29.3. The molecule has 0 spiro atoms. The lowest BCUT2D eigenvalue weighted by Crippen LogP contribution is -2.46. The number of amides is 2. The molecule has 1 aliphatic heterocycles. The first-order valence-electron chi connectivity index (χ1n) is 11.5. The molecule has 1 heterocycles. The highest BCUT2D eigenvalue weighted by Gasteiger charge is 2.27. The maximum absolute atomic E-state index is 13.3. The first kappa shape index (κ1) is 24.7. The Balaban J connectivity index is 1.54. The number of aryl methyl sites for hydroxylation is 1. The number of sulfonamides is 1. The zero-order valence-electron chi connectivity index (χ0n) is 19.7. The number of benzene rings is 3. The lowest BCUT2D eigenvalue weighted by atomic mass is 10.0. The second kappa shape index (κ2) is 10.1. The van der Waals surface area contributed by atoms with Gasteiger partial charge in [0.1, 0.15) is 0 Å². The van der Waals surface area contributed by atoms with Crippen molar-refractivity contribution in [2.45, 2.75) is 44.2 Å². The molecule has 0 bridgehead atoms. The van der Waals surface area contributed by atoms with Gasteiger partial charge in [0.05, 0.1) is 4.90 Å². The van der Waals surface area contributed by atoms with Crippen molar-refractivity contribution in [2.75, 3.05) is 13.1 Å². The Morgan fingerprint density at radius 2 is 1.66 bits per heavy atom. The lowest BCUT2D eigenvalue weighted by molar-refractivity contribution is 0.0950. The van der Waals surface area contributed by atoms with Gasteiger partial charge < -0.3 is 15.3 Å². The van der Waals surface area contributed by atoms with E-state index in [-0.39, 0.29) is 23.4 Å². The van der Waals surface area contributed by atoms with Crippen LogP contribution < -0.4 is 10.0 Å². The Morgan fingerprint density at radius 1 is 0.971 bits per heavy atom. The summed E-state index contributed by atoms with van der Waals surface area (Å²) in [4.78, 5) is 25.4. The third-order valence-electron chi connectivity index (χ3n) is 6.64. The maximum Gasteiger partial charge on any atom is 0.407 e. The summed E-state index contributed by atoms with van der Waals surface area (Å²) in [5, 5.41) is 13.4. The molecule has 0 atom stereocenters. The highest BCUT2D eigenvalue weighted by molar-refractivity contribution is 7.89. The molecule has 35 heavy (non-hydrogen) atoms. The summed E-state index contributed by atoms with van der Waals surface area (Å²) in [5.74, 6) is -0.179. The Kier molecular flexibility index (Phi) is 7.09. The normalized spacial score (nSPS) is 14.7. The summed E-state index contributed by atoms with van der Waals surface area (Å²) in [6, 6.07) is 15.8. The molecule has 3 aromatic rings. The maximum atomic E-state index is 13.3. The molecule has 3 aromatic carbocycles. The second-order valence-electron chi connectivity index (χ2n) is 8.86. The molecule has 8 nitrogen and oxygen atoms in total. The number of carbonyl (C=O) groups excluding carboxylic acids is 1. The fourth-order valence-corrected chi connectivity index (χ4v) is 5.98. The van der Waals surface area contributed by atoms with Crippen LogP contribution in [0.3, 0.4) is 0 Å². The molecule has 1 fully saturated rings. The molecule has 4 rings (SSSR count). The van der Waals surface area contributed by atoms with E-state index in [1.807, 2.05) is 38.1 Å². The number of rotatable bonds is 6. The largest absolute Gasteiger partial charge is 0.465 e. The number of hydrogen-bond donors (Lipinski definition) is 3. The fourth-order valence-electron chi connectivity index (χ4n) is 4.46. The number of hydrogen-bond acceptors (Lipinski definition) is 4. The molecule has 0 saturated carbocycles. The molecule has 9 heteroatoms. The van der Waals surface area contributed by atoms with Crippen molar-refractivity contribution in [3.05, 3.63) is 76.9 Å². The average Bonchev–Trinajstić information content (AvgIpc) is 2.84. The van der Waals surface area contributed by atoms with Crippen LogP contribution in [-0.4, -0.2) is 49.6 Å². The van der Waals surface area contributed by atoms with E-state index in [1.54, 1.807) is 30.3 Å². The summed E-state index contributed by atoms with van der Waals surface area (Å²) in [6.45, 7) is 4.72. The van der Waals surface area contributed by atoms with Crippen molar-refractivity contribution >= 4 is 32.8 Å². The Morgan fingerprint density at radius 3 is 2.34 bits per heavy atom. The van der Waals surface area contributed by atoms with Crippen molar-refractivity contribution < 1.29 is 23.1 Å². The zero-order valence-corrected chi connectivity index (χ0v) is 20.6. The SMILES string of the molecule is Cc1cccc(C(=O)NCc2ccc(S(=O)(=O)NC3CCN(C(=O)O)CC3)c3ccccc23)c1C. The van der Waals surface area contributed by atoms with Crippen LogP contribution in [0.2, 0.25) is 0 Å². The average molecular weight is 496 g/mol. The molecule has 1 saturated heterocycles. The van der Waals surface area contributed by atoms with Crippen LogP contribution >= 0.6 is 0 Å². The fraction of sp³-hybridized carbons (Fsp3) is 0.308. The molecule has 1 aliphatic rings. The number of carbonyl (C=O) groups is 2. The summed E-state index contributed by atoms with van der Waals surface area (Å²) in [7, 11) is -3.83. The number of nitrogens with zero attached hydrogens (tertiary/aromatic N) is 1. The van der Waals surface area contributed by atoms with E-state index in [9.17, 15) is 18.0 Å². The van der Waals surface area contributed by atoms with E-state index >= 15 is 0 Å². The number of fused-ring (bicyclic) bond motifs is 1. The van der Waals surface area contributed by atoms with Gasteiger partial charge in [0, 0.05) is 36.6 Å². The van der Waals surface area contributed by atoms with E-state index in [4.69, 9.17) is 5.11 Å². The molecular weight excluding hydrogens is 466 g/mol. The molecule has 2 amide bonds. The minimum Gasteiger partial charge on any atom is -0.465 e. The monoisotopic (exact) mass is 495 g/mol. The van der Waals surface area contributed by atoms with Gasteiger partial charge in [-0.2, -0.15) is 0 Å². The van der Waals surface area contributed by atoms with Gasteiger partial charge in [-0.05, 0) is 60.9 Å². The highest BCUT2D eigenvalue weighted by Crippen LogP contribution is 2.27. The number of nitrogens with one attached hydrogen (secondary N) is 2. The van der Waals surface area contributed by atoms with Crippen LogP contribution in [-0.2, 0) is 16.6 Å². The quantitative estimate of drug-likeness (QED) is 0.481. The molecule has 0 aromatic heterocycles. The third kappa shape index (κ3) is 5.31. The highest BCUT2D eigenvalue weighted by atomic mass is 32.2. The Labute approximate surface area is 205 Å².